The van der Waals surface area contributed by atoms with E-state index in [9.17, 15) is 14.7 Å². The van der Waals surface area contributed by atoms with E-state index in [2.05, 4.69) is 0 Å². The molecular weight excluding hydrogens is 230 g/mol. The number of hydrogen-bond donors (Lipinski definition) is 1. The van der Waals surface area contributed by atoms with Crippen LogP contribution < -0.4 is 0 Å². The van der Waals surface area contributed by atoms with E-state index in [0.29, 0.717) is 36.8 Å². The van der Waals surface area contributed by atoms with E-state index in [-0.39, 0.29) is 5.78 Å². The van der Waals surface area contributed by atoms with E-state index in [1.807, 2.05) is 6.07 Å². The van der Waals surface area contributed by atoms with Gasteiger partial charge in [-0.1, -0.05) is 12.1 Å². The van der Waals surface area contributed by atoms with Gasteiger partial charge in [-0.2, -0.15) is 5.26 Å². The molecule has 0 bridgehead atoms. The Hall–Kier alpha value is -2.15. The molecule has 4 heteroatoms. The fourth-order valence-corrected chi connectivity index (χ4v) is 2.45. The monoisotopic (exact) mass is 243 g/mol. The SMILES string of the molecule is N#Cc1ccc(C2(C(=O)O)CCC(=O)CC2)cc1. The number of carboxylic acids is 1. The second kappa shape index (κ2) is 4.61. The average Bonchev–Trinajstić information content (AvgIpc) is 2.40. The highest BCUT2D eigenvalue weighted by Gasteiger charge is 2.43. The van der Waals surface area contributed by atoms with Crippen molar-refractivity contribution in [3.8, 4) is 6.07 Å². The maximum atomic E-state index is 11.6. The van der Waals surface area contributed by atoms with Gasteiger partial charge in [0, 0.05) is 12.8 Å². The zero-order chi connectivity index (χ0) is 13.2. The Bertz CT molecular complexity index is 515. The first-order valence-corrected chi connectivity index (χ1v) is 5.84. The summed E-state index contributed by atoms with van der Waals surface area (Å²) in [5.74, 6) is -0.764. The fraction of sp³-hybridized carbons (Fsp3) is 0.357. The number of carbonyl (C=O) groups is 2. The van der Waals surface area contributed by atoms with Gasteiger partial charge in [0.15, 0.2) is 0 Å². The molecule has 0 spiro atoms. The predicted octanol–water partition coefficient (Wildman–Crippen LogP) is 2.02. The van der Waals surface area contributed by atoms with Crippen LogP contribution in [0.25, 0.3) is 0 Å². The molecule has 1 aliphatic rings. The summed E-state index contributed by atoms with van der Waals surface area (Å²) >= 11 is 0. The molecule has 4 nitrogen and oxygen atoms in total. The first-order valence-electron chi connectivity index (χ1n) is 5.84. The maximum Gasteiger partial charge on any atom is 0.314 e. The van der Waals surface area contributed by atoms with E-state index in [4.69, 9.17) is 5.26 Å². The molecule has 1 N–H and O–H groups in total. The number of hydrogen-bond acceptors (Lipinski definition) is 3. The van der Waals surface area contributed by atoms with E-state index < -0.39 is 11.4 Å². The van der Waals surface area contributed by atoms with Crippen LogP contribution >= 0.6 is 0 Å². The van der Waals surface area contributed by atoms with Crippen molar-refractivity contribution in [2.45, 2.75) is 31.1 Å². The summed E-state index contributed by atoms with van der Waals surface area (Å²) in [6.45, 7) is 0. The van der Waals surface area contributed by atoms with Gasteiger partial charge in [0.05, 0.1) is 17.0 Å². The molecule has 92 valence electrons. The third-order valence-electron chi connectivity index (χ3n) is 3.64. The number of nitriles is 1. The Kier molecular flexibility index (Phi) is 3.15. The summed E-state index contributed by atoms with van der Waals surface area (Å²) in [7, 11) is 0. The number of nitrogens with zero attached hydrogens (tertiary/aromatic N) is 1. The molecule has 0 radical (unpaired) electrons. The van der Waals surface area contributed by atoms with Crippen molar-refractivity contribution < 1.29 is 14.7 Å². The van der Waals surface area contributed by atoms with E-state index in [0.717, 1.165) is 0 Å². The summed E-state index contributed by atoms with van der Waals surface area (Å²) in [6, 6.07) is 8.61. The minimum Gasteiger partial charge on any atom is -0.481 e. The second-order valence-corrected chi connectivity index (χ2v) is 4.62. The molecule has 0 aliphatic heterocycles. The lowest BCUT2D eigenvalue weighted by Gasteiger charge is -2.33. The van der Waals surface area contributed by atoms with Crippen molar-refractivity contribution >= 4 is 11.8 Å². The normalized spacial score (nSPS) is 18.1. The van der Waals surface area contributed by atoms with Gasteiger partial charge in [-0.3, -0.25) is 9.59 Å². The Labute approximate surface area is 105 Å². The highest BCUT2D eigenvalue weighted by atomic mass is 16.4. The van der Waals surface area contributed by atoms with Crippen molar-refractivity contribution in [2.24, 2.45) is 0 Å². The lowest BCUT2D eigenvalue weighted by Crippen LogP contribution is -2.39. The van der Waals surface area contributed by atoms with Crippen molar-refractivity contribution in [3.63, 3.8) is 0 Å². The van der Waals surface area contributed by atoms with Crippen LogP contribution in [0, 0.1) is 11.3 Å². The number of carbonyl (C=O) groups excluding carboxylic acids is 1. The van der Waals surface area contributed by atoms with Gasteiger partial charge >= 0.3 is 5.97 Å². The van der Waals surface area contributed by atoms with Gasteiger partial charge in [0.2, 0.25) is 0 Å². The standard InChI is InChI=1S/C14H13NO3/c15-9-10-1-3-11(4-2-10)14(13(17)18)7-5-12(16)6-8-14/h1-4H,5-8H2,(H,17,18). The van der Waals surface area contributed by atoms with Crippen LogP contribution in [0.1, 0.15) is 36.8 Å². The number of Topliss-reactive ketones (excluding diaryl/α,β-unsaturated/α-hetero) is 1. The van der Waals surface area contributed by atoms with Gasteiger partial charge in [0.1, 0.15) is 5.78 Å². The molecule has 0 atom stereocenters. The van der Waals surface area contributed by atoms with Crippen LogP contribution in [-0.4, -0.2) is 16.9 Å². The van der Waals surface area contributed by atoms with E-state index in [1.165, 1.54) is 0 Å². The predicted molar refractivity (Wildman–Crippen MR) is 63.9 cm³/mol. The van der Waals surface area contributed by atoms with Crippen molar-refractivity contribution in [1.82, 2.24) is 0 Å². The third kappa shape index (κ3) is 2.00. The van der Waals surface area contributed by atoms with Crippen LogP contribution in [-0.2, 0) is 15.0 Å². The highest BCUT2D eigenvalue weighted by Crippen LogP contribution is 2.38. The van der Waals surface area contributed by atoms with Crippen LogP contribution in [0.15, 0.2) is 24.3 Å². The molecule has 0 heterocycles. The molecule has 0 unspecified atom stereocenters. The fourth-order valence-electron chi connectivity index (χ4n) is 2.45. The first-order chi connectivity index (χ1) is 8.58. The third-order valence-corrected chi connectivity index (χ3v) is 3.64. The molecule has 1 aromatic carbocycles. The Balaban J connectivity index is 2.38. The minimum atomic E-state index is -0.970. The van der Waals surface area contributed by atoms with Crippen LogP contribution in [0.5, 0.6) is 0 Å². The number of ketones is 1. The average molecular weight is 243 g/mol. The van der Waals surface area contributed by atoms with Crippen LogP contribution in [0.4, 0.5) is 0 Å². The van der Waals surface area contributed by atoms with Gasteiger partial charge in [-0.15, -0.1) is 0 Å². The molecule has 1 saturated carbocycles. The first kappa shape index (κ1) is 12.3. The summed E-state index contributed by atoms with van der Waals surface area (Å²) in [5.41, 5.74) is 0.217. The summed E-state index contributed by atoms with van der Waals surface area (Å²) < 4.78 is 0. The van der Waals surface area contributed by atoms with Crippen LogP contribution in [0.3, 0.4) is 0 Å². The number of aliphatic carboxylic acids is 1. The minimum absolute atomic E-state index is 0.125. The Morgan fingerprint density at radius 2 is 1.78 bits per heavy atom. The van der Waals surface area contributed by atoms with Crippen LogP contribution in [0.2, 0.25) is 0 Å². The zero-order valence-corrected chi connectivity index (χ0v) is 9.85. The molecule has 1 aromatic rings. The smallest absolute Gasteiger partial charge is 0.314 e. The maximum absolute atomic E-state index is 11.6. The Morgan fingerprint density at radius 1 is 1.22 bits per heavy atom. The second-order valence-electron chi connectivity index (χ2n) is 4.62. The molecule has 0 amide bonds. The lowest BCUT2D eigenvalue weighted by molar-refractivity contribution is -0.146. The molecule has 0 aromatic heterocycles. The number of carboxylic acid groups (broad SMARTS) is 1. The zero-order valence-electron chi connectivity index (χ0n) is 9.85. The van der Waals surface area contributed by atoms with Gasteiger partial charge in [-0.05, 0) is 30.5 Å². The summed E-state index contributed by atoms with van der Waals surface area (Å²) in [6.07, 6.45) is 1.30. The van der Waals surface area contributed by atoms with Gasteiger partial charge in [0.25, 0.3) is 0 Å². The summed E-state index contributed by atoms with van der Waals surface area (Å²) in [5, 5.41) is 18.2. The molecule has 18 heavy (non-hydrogen) atoms. The quantitative estimate of drug-likeness (QED) is 0.861. The topological polar surface area (TPSA) is 78.2 Å². The highest BCUT2D eigenvalue weighted by molar-refractivity contribution is 5.87. The number of rotatable bonds is 2. The number of benzene rings is 1. The molecule has 2 rings (SSSR count). The molecular formula is C14H13NO3. The van der Waals surface area contributed by atoms with Gasteiger partial charge in [-0.25, -0.2) is 0 Å². The molecule has 1 aliphatic carbocycles. The van der Waals surface area contributed by atoms with Gasteiger partial charge < -0.3 is 5.11 Å². The lowest BCUT2D eigenvalue weighted by atomic mass is 9.69. The molecule has 1 fully saturated rings. The summed E-state index contributed by atoms with van der Waals surface area (Å²) in [4.78, 5) is 22.8. The largest absolute Gasteiger partial charge is 0.481 e. The van der Waals surface area contributed by atoms with Crippen molar-refractivity contribution in [1.29, 1.82) is 5.26 Å². The van der Waals surface area contributed by atoms with E-state index in [1.54, 1.807) is 24.3 Å². The molecule has 0 saturated heterocycles. The Morgan fingerprint density at radius 3 is 2.22 bits per heavy atom. The van der Waals surface area contributed by atoms with E-state index >= 15 is 0 Å². The van der Waals surface area contributed by atoms with Crippen molar-refractivity contribution in [3.05, 3.63) is 35.4 Å². The van der Waals surface area contributed by atoms with Crippen molar-refractivity contribution in [2.75, 3.05) is 0 Å².